The normalized spacial score (nSPS) is 13.9. The number of carbonyl (C=O) groups excluding carboxylic acids is 1. The van der Waals surface area contributed by atoms with E-state index in [-0.39, 0.29) is 5.91 Å². The quantitative estimate of drug-likeness (QED) is 0.377. The minimum absolute atomic E-state index is 0.137. The maximum absolute atomic E-state index is 12.8. The van der Waals surface area contributed by atoms with Crippen molar-refractivity contribution in [2.24, 2.45) is 0 Å². The number of piperazine rings is 1. The van der Waals surface area contributed by atoms with Crippen molar-refractivity contribution in [3.8, 4) is 23.1 Å². The lowest BCUT2D eigenvalue weighted by atomic mass is 10.1. The van der Waals surface area contributed by atoms with Crippen LogP contribution in [0.5, 0.6) is 0 Å². The Morgan fingerprint density at radius 1 is 0.923 bits per heavy atom. The first-order chi connectivity index (χ1) is 19.1. The van der Waals surface area contributed by atoms with E-state index in [0.29, 0.717) is 36.0 Å². The van der Waals surface area contributed by atoms with Gasteiger partial charge in [0, 0.05) is 57.0 Å². The van der Waals surface area contributed by atoms with Crippen molar-refractivity contribution < 1.29 is 4.79 Å². The zero-order valence-corrected chi connectivity index (χ0v) is 21.1. The van der Waals surface area contributed by atoms with E-state index >= 15 is 0 Å². The molecule has 1 saturated heterocycles. The van der Waals surface area contributed by atoms with Crippen molar-refractivity contribution in [1.29, 1.82) is 5.26 Å². The van der Waals surface area contributed by atoms with Crippen LogP contribution in [0.2, 0.25) is 0 Å². The lowest BCUT2D eigenvalue weighted by Gasteiger charge is -2.34. The monoisotopic (exact) mass is 515 g/mol. The van der Waals surface area contributed by atoms with Crippen molar-refractivity contribution in [2.75, 3.05) is 31.9 Å². The molecular weight excluding hydrogens is 490 g/mol. The number of nitrogens with zero attached hydrogens (tertiary/aromatic N) is 8. The largest absolute Gasteiger partial charge is 0.383 e. The molecule has 1 aliphatic rings. The summed E-state index contributed by atoms with van der Waals surface area (Å²) < 4.78 is 2.01. The summed E-state index contributed by atoms with van der Waals surface area (Å²) in [5.74, 6) is 0.969. The van der Waals surface area contributed by atoms with Gasteiger partial charge in [0.25, 0.3) is 5.91 Å². The zero-order valence-electron chi connectivity index (χ0n) is 21.1. The SMILES string of the molecule is N#Cc1ccnc(C(=O)N2CCN(Cc3ccc(-n4c(-c5cccnc5N)nc5cccnc54)cc3)CC2)c1. The van der Waals surface area contributed by atoms with Gasteiger partial charge >= 0.3 is 0 Å². The van der Waals surface area contributed by atoms with E-state index in [0.717, 1.165) is 42.0 Å². The third-order valence-corrected chi connectivity index (χ3v) is 6.86. The molecule has 4 aromatic heterocycles. The number of fused-ring (bicyclic) bond motifs is 1. The Bertz CT molecular complexity index is 1700. The molecule has 5 heterocycles. The van der Waals surface area contributed by atoms with Crippen molar-refractivity contribution >= 4 is 22.9 Å². The number of anilines is 1. The summed E-state index contributed by atoms with van der Waals surface area (Å²) in [6, 6.07) is 21.1. The van der Waals surface area contributed by atoms with Crippen LogP contribution in [0.1, 0.15) is 21.6 Å². The van der Waals surface area contributed by atoms with Crippen LogP contribution < -0.4 is 5.73 Å². The van der Waals surface area contributed by atoms with E-state index in [9.17, 15) is 4.79 Å². The van der Waals surface area contributed by atoms with Crippen molar-refractivity contribution in [1.82, 2.24) is 34.3 Å². The molecule has 10 nitrogen and oxygen atoms in total. The van der Waals surface area contributed by atoms with Gasteiger partial charge in [-0.2, -0.15) is 5.26 Å². The molecule has 0 bridgehead atoms. The second kappa shape index (κ2) is 10.3. The third-order valence-electron chi connectivity index (χ3n) is 6.86. The van der Waals surface area contributed by atoms with Crippen molar-refractivity contribution in [3.63, 3.8) is 0 Å². The van der Waals surface area contributed by atoms with E-state index < -0.39 is 0 Å². The van der Waals surface area contributed by atoms with Crippen LogP contribution in [-0.4, -0.2) is 66.4 Å². The number of carbonyl (C=O) groups is 1. The molecule has 192 valence electrons. The van der Waals surface area contributed by atoms with Crippen molar-refractivity contribution in [2.45, 2.75) is 6.54 Å². The molecule has 0 radical (unpaired) electrons. The average Bonchev–Trinajstić information content (AvgIpc) is 3.37. The number of amides is 1. The highest BCUT2D eigenvalue weighted by atomic mass is 16.2. The smallest absolute Gasteiger partial charge is 0.272 e. The number of hydrogen-bond donors (Lipinski definition) is 1. The van der Waals surface area contributed by atoms with Crippen LogP contribution in [-0.2, 0) is 6.54 Å². The van der Waals surface area contributed by atoms with Gasteiger partial charge in [-0.3, -0.25) is 19.2 Å². The van der Waals surface area contributed by atoms with Crippen molar-refractivity contribution in [3.05, 3.63) is 96.1 Å². The number of nitrogen functional groups attached to an aromatic ring is 1. The number of hydrogen-bond acceptors (Lipinski definition) is 8. The van der Waals surface area contributed by atoms with Crippen LogP contribution in [0, 0.1) is 11.3 Å². The first-order valence-corrected chi connectivity index (χ1v) is 12.6. The highest BCUT2D eigenvalue weighted by Gasteiger charge is 2.23. The number of aromatic nitrogens is 5. The fourth-order valence-electron chi connectivity index (χ4n) is 4.84. The minimum atomic E-state index is -0.137. The highest BCUT2D eigenvalue weighted by molar-refractivity contribution is 5.92. The van der Waals surface area contributed by atoms with Gasteiger partial charge in [-0.05, 0) is 54.1 Å². The van der Waals surface area contributed by atoms with E-state index in [4.69, 9.17) is 16.0 Å². The maximum atomic E-state index is 12.8. The first kappa shape index (κ1) is 24.2. The molecule has 6 rings (SSSR count). The molecule has 10 heteroatoms. The summed E-state index contributed by atoms with van der Waals surface area (Å²) in [6.45, 7) is 3.50. The summed E-state index contributed by atoms with van der Waals surface area (Å²) in [7, 11) is 0. The molecule has 39 heavy (non-hydrogen) atoms. The second-order valence-corrected chi connectivity index (χ2v) is 9.33. The summed E-state index contributed by atoms with van der Waals surface area (Å²) in [5, 5.41) is 9.10. The molecular formula is C29H25N9O. The van der Waals surface area contributed by atoms with Gasteiger partial charge in [0.05, 0.1) is 17.2 Å². The Morgan fingerprint density at radius 3 is 2.46 bits per heavy atom. The molecule has 5 aromatic rings. The molecule has 0 unspecified atom stereocenters. The van der Waals surface area contributed by atoms with Gasteiger partial charge in [-0.15, -0.1) is 0 Å². The maximum Gasteiger partial charge on any atom is 0.272 e. The summed E-state index contributed by atoms with van der Waals surface area (Å²) in [5.41, 5.74) is 11.3. The first-order valence-electron chi connectivity index (χ1n) is 12.6. The molecule has 0 aliphatic carbocycles. The molecule has 1 aromatic carbocycles. The number of pyridine rings is 3. The fourth-order valence-corrected chi connectivity index (χ4v) is 4.84. The second-order valence-electron chi connectivity index (χ2n) is 9.33. The van der Waals surface area contributed by atoms with Gasteiger partial charge in [0.15, 0.2) is 11.5 Å². The third kappa shape index (κ3) is 4.79. The summed E-state index contributed by atoms with van der Waals surface area (Å²) >= 11 is 0. The lowest BCUT2D eigenvalue weighted by molar-refractivity contribution is 0.0622. The molecule has 2 N–H and O–H groups in total. The molecule has 1 amide bonds. The molecule has 1 aliphatic heterocycles. The minimum Gasteiger partial charge on any atom is -0.383 e. The Kier molecular flexibility index (Phi) is 6.40. The fraction of sp³-hybridized carbons (Fsp3) is 0.172. The van der Waals surface area contributed by atoms with E-state index in [1.54, 1.807) is 29.4 Å². The van der Waals surface area contributed by atoms with Gasteiger partial charge < -0.3 is 10.6 Å². The molecule has 0 spiro atoms. The number of nitrogens with two attached hydrogens (primary N) is 1. The number of benzene rings is 1. The average molecular weight is 516 g/mol. The van der Waals surface area contributed by atoms with Gasteiger partial charge in [-0.25, -0.2) is 15.0 Å². The zero-order chi connectivity index (χ0) is 26.8. The van der Waals surface area contributed by atoms with E-state index in [1.165, 1.54) is 11.8 Å². The van der Waals surface area contributed by atoms with Gasteiger partial charge in [0.1, 0.15) is 17.0 Å². The van der Waals surface area contributed by atoms with Crippen LogP contribution >= 0.6 is 0 Å². The Labute approximate surface area is 225 Å². The number of nitriles is 1. The Hall–Kier alpha value is -5.14. The highest BCUT2D eigenvalue weighted by Crippen LogP contribution is 2.30. The standard InChI is InChI=1S/C29H25N9O/c30-18-21-9-12-32-25(17-21)29(39)37-15-13-36(14-16-37)19-20-5-7-22(8-6-20)38-27(23-3-1-10-33-26(23)31)35-24-4-2-11-34-28(24)38/h1-12,17H,13-16,19H2,(H2,31,33). The molecule has 0 atom stereocenters. The lowest BCUT2D eigenvalue weighted by Crippen LogP contribution is -2.48. The number of rotatable bonds is 5. The number of imidazole rings is 1. The summed E-state index contributed by atoms with van der Waals surface area (Å²) in [6.07, 6.45) is 4.92. The Balaban J connectivity index is 1.17. The van der Waals surface area contributed by atoms with Crippen LogP contribution in [0.25, 0.3) is 28.2 Å². The topological polar surface area (TPSA) is 130 Å². The van der Waals surface area contributed by atoms with Crippen LogP contribution in [0.3, 0.4) is 0 Å². The molecule has 0 saturated carbocycles. The van der Waals surface area contributed by atoms with Crippen LogP contribution in [0.15, 0.2) is 79.3 Å². The Morgan fingerprint density at radius 2 is 1.69 bits per heavy atom. The molecule has 1 fully saturated rings. The van der Waals surface area contributed by atoms with Gasteiger partial charge in [-0.1, -0.05) is 12.1 Å². The summed E-state index contributed by atoms with van der Waals surface area (Å²) in [4.78, 5) is 34.7. The van der Waals surface area contributed by atoms with Crippen LogP contribution in [0.4, 0.5) is 5.82 Å². The van der Waals surface area contributed by atoms with Gasteiger partial charge in [0.2, 0.25) is 0 Å². The van der Waals surface area contributed by atoms with E-state index in [1.807, 2.05) is 28.8 Å². The van der Waals surface area contributed by atoms with E-state index in [2.05, 4.69) is 50.2 Å². The predicted octanol–water partition coefficient (Wildman–Crippen LogP) is 3.29. The predicted molar refractivity (Wildman–Crippen MR) is 147 cm³/mol.